The number of aliphatic hydroxyl groups excluding tert-OH is 4. The van der Waals surface area contributed by atoms with Gasteiger partial charge in [-0.05, 0) is 12.1 Å². The molecule has 23 heavy (non-hydrogen) atoms. The maximum atomic E-state index is 11.8. The lowest BCUT2D eigenvalue weighted by Gasteiger charge is -2.39. The topological polar surface area (TPSA) is 148 Å². The van der Waals surface area contributed by atoms with Gasteiger partial charge in [0.1, 0.15) is 24.4 Å². The third-order valence-electron chi connectivity index (χ3n) is 3.43. The van der Waals surface area contributed by atoms with Gasteiger partial charge in [-0.1, -0.05) is 18.2 Å². The van der Waals surface area contributed by atoms with Crippen LogP contribution in [0.5, 0.6) is 0 Å². The number of rotatable bonds is 3. The normalized spacial score (nSPS) is 30.5. The van der Waals surface area contributed by atoms with Gasteiger partial charge in [-0.2, -0.15) is 0 Å². The van der Waals surface area contributed by atoms with Crippen molar-refractivity contribution in [1.29, 1.82) is 0 Å². The zero-order chi connectivity index (χ0) is 17.0. The number of urea groups is 1. The molecule has 0 bridgehead atoms. The maximum Gasteiger partial charge on any atom is 0.323 e. The predicted octanol–water partition coefficient (Wildman–Crippen LogP) is -2.07. The van der Waals surface area contributed by atoms with Crippen LogP contribution in [-0.2, 0) is 4.74 Å². The lowest BCUT2D eigenvalue weighted by atomic mass is 9.98. The minimum absolute atomic E-state index is 0.261. The number of carbonyl (C=O) groups is 2. The molecular formula is C14H18N2O7. The molecule has 1 aromatic carbocycles. The molecule has 1 aliphatic rings. The van der Waals surface area contributed by atoms with Gasteiger partial charge in [0, 0.05) is 5.56 Å². The molecular weight excluding hydrogens is 308 g/mol. The van der Waals surface area contributed by atoms with Crippen LogP contribution in [0.1, 0.15) is 10.4 Å². The summed E-state index contributed by atoms with van der Waals surface area (Å²) in [5.41, 5.74) is 0.261. The van der Waals surface area contributed by atoms with Crippen LogP contribution in [0.2, 0.25) is 0 Å². The van der Waals surface area contributed by atoms with E-state index in [-0.39, 0.29) is 5.56 Å². The molecule has 3 amide bonds. The zero-order valence-electron chi connectivity index (χ0n) is 12.0. The highest BCUT2D eigenvalue weighted by Crippen LogP contribution is 2.19. The van der Waals surface area contributed by atoms with Crippen molar-refractivity contribution in [1.82, 2.24) is 10.6 Å². The molecule has 9 heteroatoms. The number of hydrogen-bond donors (Lipinski definition) is 6. The Kier molecular flexibility index (Phi) is 5.64. The van der Waals surface area contributed by atoms with Gasteiger partial charge in [-0.25, -0.2) is 4.79 Å². The van der Waals surface area contributed by atoms with E-state index >= 15 is 0 Å². The van der Waals surface area contributed by atoms with E-state index in [0.717, 1.165) is 0 Å². The molecule has 0 aliphatic carbocycles. The summed E-state index contributed by atoms with van der Waals surface area (Å²) in [5, 5.41) is 42.3. The van der Waals surface area contributed by atoms with Crippen molar-refractivity contribution >= 4 is 11.9 Å². The van der Waals surface area contributed by atoms with E-state index in [1.165, 1.54) is 12.1 Å². The molecule has 6 N–H and O–H groups in total. The lowest BCUT2D eigenvalue weighted by Crippen LogP contribution is -2.64. The summed E-state index contributed by atoms with van der Waals surface area (Å²) >= 11 is 0. The quantitative estimate of drug-likeness (QED) is 0.373. The van der Waals surface area contributed by atoms with Gasteiger partial charge in [0.15, 0.2) is 6.23 Å². The van der Waals surface area contributed by atoms with Gasteiger partial charge in [-0.15, -0.1) is 0 Å². The Morgan fingerprint density at radius 2 is 1.70 bits per heavy atom. The first-order chi connectivity index (χ1) is 10.9. The van der Waals surface area contributed by atoms with Crippen molar-refractivity contribution in [3.05, 3.63) is 35.9 Å². The highest BCUT2D eigenvalue weighted by Gasteiger charge is 2.44. The van der Waals surface area contributed by atoms with E-state index in [9.17, 15) is 24.9 Å². The maximum absolute atomic E-state index is 11.8. The van der Waals surface area contributed by atoms with Crippen LogP contribution in [0.15, 0.2) is 30.3 Å². The molecule has 0 saturated carbocycles. The number of aliphatic hydroxyl groups is 4. The van der Waals surface area contributed by atoms with Crippen LogP contribution >= 0.6 is 0 Å². The number of imide groups is 1. The third-order valence-corrected chi connectivity index (χ3v) is 3.43. The second-order valence-corrected chi connectivity index (χ2v) is 5.04. The Morgan fingerprint density at radius 3 is 2.30 bits per heavy atom. The second kappa shape index (κ2) is 7.49. The highest BCUT2D eigenvalue weighted by atomic mass is 16.6. The Bertz CT molecular complexity index is 551. The molecule has 0 spiro atoms. The molecule has 1 aromatic rings. The van der Waals surface area contributed by atoms with E-state index < -0.39 is 49.2 Å². The monoisotopic (exact) mass is 326 g/mol. The fourth-order valence-electron chi connectivity index (χ4n) is 2.15. The van der Waals surface area contributed by atoms with Gasteiger partial charge in [0.2, 0.25) is 0 Å². The Balaban J connectivity index is 1.95. The molecule has 1 aliphatic heterocycles. The molecule has 2 rings (SSSR count). The van der Waals surface area contributed by atoms with E-state index in [4.69, 9.17) is 9.84 Å². The minimum atomic E-state index is -1.62. The Hall–Kier alpha value is -2.04. The second-order valence-electron chi connectivity index (χ2n) is 5.04. The van der Waals surface area contributed by atoms with Gasteiger partial charge in [-0.3, -0.25) is 10.1 Å². The molecule has 5 atom stereocenters. The van der Waals surface area contributed by atoms with E-state index in [2.05, 4.69) is 5.32 Å². The average Bonchev–Trinajstić information content (AvgIpc) is 2.56. The summed E-state index contributed by atoms with van der Waals surface area (Å²) in [6.07, 6.45) is -7.30. The van der Waals surface area contributed by atoms with Gasteiger partial charge < -0.3 is 30.5 Å². The molecule has 0 aromatic heterocycles. The van der Waals surface area contributed by atoms with Crippen LogP contribution in [0.25, 0.3) is 0 Å². The van der Waals surface area contributed by atoms with Crippen LogP contribution in [0.4, 0.5) is 4.79 Å². The van der Waals surface area contributed by atoms with Crippen LogP contribution in [0, 0.1) is 0 Å². The Morgan fingerprint density at radius 1 is 1.04 bits per heavy atom. The standard InChI is InChI=1S/C14H18N2O7/c17-6-8-9(18)10(19)11(20)13(23-8)16-14(22)15-12(21)7-4-2-1-3-5-7/h1-5,8-11,13,17-20H,6H2,(H2,15,16,21,22)/t8-,9-,10+,11-,13-/m0/s1. The summed E-state index contributed by atoms with van der Waals surface area (Å²) in [6.45, 7) is -0.617. The largest absolute Gasteiger partial charge is 0.394 e. The summed E-state index contributed by atoms with van der Waals surface area (Å²) < 4.78 is 5.10. The first-order valence-corrected chi connectivity index (χ1v) is 6.91. The fourth-order valence-corrected chi connectivity index (χ4v) is 2.15. The summed E-state index contributed by atoms with van der Waals surface area (Å²) in [4.78, 5) is 23.6. The summed E-state index contributed by atoms with van der Waals surface area (Å²) in [5.74, 6) is -0.660. The number of hydrogen-bond acceptors (Lipinski definition) is 7. The predicted molar refractivity (Wildman–Crippen MR) is 76.2 cm³/mol. The number of carbonyl (C=O) groups excluding carboxylic acids is 2. The van der Waals surface area contributed by atoms with E-state index in [1.54, 1.807) is 18.2 Å². The smallest absolute Gasteiger partial charge is 0.323 e. The number of benzene rings is 1. The van der Waals surface area contributed by atoms with Gasteiger partial charge >= 0.3 is 6.03 Å². The first kappa shape index (κ1) is 17.3. The van der Waals surface area contributed by atoms with Crippen molar-refractivity contribution in [2.75, 3.05) is 6.61 Å². The van der Waals surface area contributed by atoms with Crippen molar-refractivity contribution in [3.8, 4) is 0 Å². The van der Waals surface area contributed by atoms with Crippen LogP contribution in [-0.4, -0.2) is 69.6 Å². The minimum Gasteiger partial charge on any atom is -0.394 e. The van der Waals surface area contributed by atoms with Crippen molar-refractivity contribution < 1.29 is 34.8 Å². The molecule has 9 nitrogen and oxygen atoms in total. The molecule has 1 heterocycles. The highest BCUT2D eigenvalue weighted by molar-refractivity contribution is 6.04. The van der Waals surface area contributed by atoms with Gasteiger partial charge in [0.25, 0.3) is 5.91 Å². The number of ether oxygens (including phenoxy) is 1. The fraction of sp³-hybridized carbons (Fsp3) is 0.429. The Labute approximate surface area is 131 Å². The van der Waals surface area contributed by atoms with Crippen molar-refractivity contribution in [3.63, 3.8) is 0 Å². The third kappa shape index (κ3) is 4.03. The molecule has 1 saturated heterocycles. The van der Waals surface area contributed by atoms with Crippen molar-refractivity contribution in [2.45, 2.75) is 30.6 Å². The average molecular weight is 326 g/mol. The SMILES string of the molecule is O=C(NC(=O)c1ccccc1)N[C@H]1O[C@@H](CO)[C@H](O)[C@@H](O)[C@@H]1O. The molecule has 0 radical (unpaired) electrons. The number of amides is 3. The summed E-state index contributed by atoms with van der Waals surface area (Å²) in [7, 11) is 0. The lowest BCUT2D eigenvalue weighted by molar-refractivity contribution is -0.233. The zero-order valence-corrected chi connectivity index (χ0v) is 12.0. The number of nitrogens with one attached hydrogen (secondary N) is 2. The molecule has 126 valence electrons. The van der Waals surface area contributed by atoms with Gasteiger partial charge in [0.05, 0.1) is 6.61 Å². The van der Waals surface area contributed by atoms with Crippen LogP contribution in [0.3, 0.4) is 0 Å². The van der Waals surface area contributed by atoms with Crippen molar-refractivity contribution in [2.24, 2.45) is 0 Å². The van der Waals surface area contributed by atoms with E-state index in [0.29, 0.717) is 0 Å². The first-order valence-electron chi connectivity index (χ1n) is 6.91. The molecule has 0 unspecified atom stereocenters. The molecule has 1 fully saturated rings. The van der Waals surface area contributed by atoms with E-state index in [1.807, 2.05) is 5.32 Å². The van der Waals surface area contributed by atoms with Crippen LogP contribution < -0.4 is 10.6 Å². The summed E-state index contributed by atoms with van der Waals surface area (Å²) in [6, 6.07) is 7.04.